The molecule has 0 saturated carbocycles. The van der Waals surface area contributed by atoms with Crippen LogP contribution in [0.1, 0.15) is 20.3 Å². The molecule has 0 aliphatic carbocycles. The number of carbonyl (C=O) groups is 2. The van der Waals surface area contributed by atoms with Gasteiger partial charge in [0.15, 0.2) is 0 Å². The van der Waals surface area contributed by atoms with Gasteiger partial charge >= 0.3 is 5.97 Å². The monoisotopic (exact) mass is 250 g/mol. The number of ether oxygens (including phenoxy) is 1. The Morgan fingerprint density at radius 3 is 2.33 bits per heavy atom. The molecule has 2 N–H and O–H groups in total. The van der Waals surface area contributed by atoms with Crippen LogP contribution in [0.15, 0.2) is 24.3 Å². The third-order valence-corrected chi connectivity index (χ3v) is 2.17. The Balaban J connectivity index is 2.35. The topological polar surface area (TPSA) is 67.4 Å². The van der Waals surface area contributed by atoms with Crippen LogP contribution in [0.3, 0.4) is 0 Å². The molecule has 0 saturated heterocycles. The molecule has 0 radical (unpaired) electrons. The third-order valence-electron chi connectivity index (χ3n) is 2.17. The lowest BCUT2D eigenvalue weighted by Crippen LogP contribution is -2.11. The normalized spacial score (nSPS) is 9.67. The average molecular weight is 250 g/mol. The summed E-state index contributed by atoms with van der Waals surface area (Å²) in [5.74, 6) is -0.308. The predicted octanol–water partition coefficient (Wildman–Crippen LogP) is 2.01. The van der Waals surface area contributed by atoms with Crippen LogP contribution in [0.4, 0.5) is 11.4 Å². The number of hydrogen-bond donors (Lipinski definition) is 2. The van der Waals surface area contributed by atoms with Crippen LogP contribution in [-0.4, -0.2) is 25.0 Å². The highest BCUT2D eigenvalue weighted by molar-refractivity contribution is 5.88. The molecular weight excluding hydrogens is 232 g/mol. The summed E-state index contributed by atoms with van der Waals surface area (Å²) in [6.07, 6.45) is 0.335. The molecule has 0 heterocycles. The molecule has 1 aromatic rings. The molecule has 0 aliphatic rings. The van der Waals surface area contributed by atoms with Gasteiger partial charge in [0.05, 0.1) is 13.0 Å². The van der Waals surface area contributed by atoms with Crippen LogP contribution in [0.5, 0.6) is 0 Å². The van der Waals surface area contributed by atoms with Gasteiger partial charge in [-0.05, 0) is 31.2 Å². The minimum Gasteiger partial charge on any atom is -0.466 e. The Labute approximate surface area is 107 Å². The minimum absolute atomic E-state index is 0.0991. The second-order valence-corrected chi connectivity index (χ2v) is 3.74. The number of rotatable bonds is 6. The summed E-state index contributed by atoms with van der Waals surface area (Å²) in [7, 11) is 0. The van der Waals surface area contributed by atoms with E-state index in [9.17, 15) is 9.59 Å². The first-order valence-corrected chi connectivity index (χ1v) is 5.89. The summed E-state index contributed by atoms with van der Waals surface area (Å²) in [5, 5.41) is 5.78. The number of hydrogen-bond acceptors (Lipinski definition) is 4. The maximum absolute atomic E-state index is 11.1. The summed E-state index contributed by atoms with van der Waals surface area (Å²) in [5.41, 5.74) is 1.65. The van der Waals surface area contributed by atoms with E-state index in [2.05, 4.69) is 10.6 Å². The van der Waals surface area contributed by atoms with Gasteiger partial charge in [-0.3, -0.25) is 9.59 Å². The van der Waals surface area contributed by atoms with Gasteiger partial charge in [0.25, 0.3) is 0 Å². The van der Waals surface area contributed by atoms with E-state index in [1.165, 1.54) is 6.92 Å². The van der Waals surface area contributed by atoms with Gasteiger partial charge < -0.3 is 15.4 Å². The summed E-state index contributed by atoms with van der Waals surface area (Å²) >= 11 is 0. The maximum Gasteiger partial charge on any atom is 0.307 e. The highest BCUT2D eigenvalue weighted by Gasteiger charge is 2.01. The van der Waals surface area contributed by atoms with Crippen molar-refractivity contribution >= 4 is 23.3 Å². The maximum atomic E-state index is 11.1. The number of esters is 1. The summed E-state index contributed by atoms with van der Waals surface area (Å²) in [4.78, 5) is 21.9. The van der Waals surface area contributed by atoms with Gasteiger partial charge in [0.2, 0.25) is 5.91 Å². The molecule has 0 spiro atoms. The van der Waals surface area contributed by atoms with Crippen molar-refractivity contribution in [1.82, 2.24) is 0 Å². The van der Waals surface area contributed by atoms with Gasteiger partial charge in [0.1, 0.15) is 0 Å². The van der Waals surface area contributed by atoms with Gasteiger partial charge in [-0.2, -0.15) is 0 Å². The van der Waals surface area contributed by atoms with E-state index in [0.29, 0.717) is 19.6 Å². The molecule has 0 atom stereocenters. The molecule has 0 unspecified atom stereocenters. The average Bonchev–Trinajstić information content (AvgIpc) is 2.31. The lowest BCUT2D eigenvalue weighted by molar-refractivity contribution is -0.142. The van der Waals surface area contributed by atoms with Crippen molar-refractivity contribution in [2.45, 2.75) is 20.3 Å². The fourth-order valence-corrected chi connectivity index (χ4v) is 1.42. The number of benzene rings is 1. The summed E-state index contributed by atoms with van der Waals surface area (Å²) in [6.45, 7) is 4.18. The number of anilines is 2. The Bertz CT molecular complexity index is 401. The smallest absolute Gasteiger partial charge is 0.307 e. The van der Waals surface area contributed by atoms with E-state index in [-0.39, 0.29) is 11.9 Å². The van der Waals surface area contributed by atoms with E-state index in [4.69, 9.17) is 4.74 Å². The van der Waals surface area contributed by atoms with E-state index in [1.54, 1.807) is 19.1 Å². The third kappa shape index (κ3) is 5.34. The molecule has 0 bridgehead atoms. The van der Waals surface area contributed by atoms with Crippen LogP contribution in [0, 0.1) is 0 Å². The van der Waals surface area contributed by atoms with Crippen molar-refractivity contribution in [1.29, 1.82) is 0 Å². The molecule has 1 aromatic carbocycles. The van der Waals surface area contributed by atoms with Gasteiger partial charge in [-0.15, -0.1) is 0 Å². The zero-order valence-corrected chi connectivity index (χ0v) is 10.7. The quantitative estimate of drug-likeness (QED) is 0.758. The molecule has 18 heavy (non-hydrogen) atoms. The first kappa shape index (κ1) is 14.0. The van der Waals surface area contributed by atoms with Gasteiger partial charge in [-0.25, -0.2) is 0 Å². The lowest BCUT2D eigenvalue weighted by Gasteiger charge is -2.07. The predicted molar refractivity (Wildman–Crippen MR) is 70.5 cm³/mol. The number of nitrogens with one attached hydrogen (secondary N) is 2. The zero-order chi connectivity index (χ0) is 13.4. The Morgan fingerprint density at radius 2 is 1.78 bits per heavy atom. The molecule has 1 rings (SSSR count). The van der Waals surface area contributed by atoms with Gasteiger partial charge in [-0.1, -0.05) is 0 Å². The largest absolute Gasteiger partial charge is 0.466 e. The van der Waals surface area contributed by atoms with Crippen molar-refractivity contribution in [2.24, 2.45) is 0 Å². The van der Waals surface area contributed by atoms with E-state index >= 15 is 0 Å². The minimum atomic E-state index is -0.208. The number of amides is 1. The zero-order valence-electron chi connectivity index (χ0n) is 10.7. The van der Waals surface area contributed by atoms with Gasteiger partial charge in [0, 0.05) is 24.8 Å². The Morgan fingerprint density at radius 1 is 1.17 bits per heavy atom. The van der Waals surface area contributed by atoms with Crippen molar-refractivity contribution in [3.05, 3.63) is 24.3 Å². The summed E-state index contributed by atoms with van der Waals surface area (Å²) < 4.78 is 4.82. The van der Waals surface area contributed by atoms with Crippen LogP contribution >= 0.6 is 0 Å². The highest BCUT2D eigenvalue weighted by atomic mass is 16.5. The first-order chi connectivity index (χ1) is 8.61. The molecule has 0 aliphatic heterocycles. The van der Waals surface area contributed by atoms with E-state index < -0.39 is 0 Å². The molecule has 98 valence electrons. The Hall–Kier alpha value is -2.04. The second-order valence-electron chi connectivity index (χ2n) is 3.74. The summed E-state index contributed by atoms with van der Waals surface area (Å²) in [6, 6.07) is 7.29. The van der Waals surface area contributed by atoms with Crippen LogP contribution in [-0.2, 0) is 14.3 Å². The molecule has 5 heteroatoms. The Kier molecular flexibility index (Phi) is 5.70. The molecule has 5 nitrogen and oxygen atoms in total. The first-order valence-electron chi connectivity index (χ1n) is 5.89. The molecule has 1 amide bonds. The van der Waals surface area contributed by atoms with E-state index in [0.717, 1.165) is 11.4 Å². The van der Waals surface area contributed by atoms with Crippen molar-refractivity contribution in [3.8, 4) is 0 Å². The SMILES string of the molecule is CCOC(=O)CCNc1ccc(NC(C)=O)cc1. The molecule has 0 aromatic heterocycles. The fourth-order valence-electron chi connectivity index (χ4n) is 1.42. The standard InChI is InChI=1S/C13H18N2O3/c1-3-18-13(17)8-9-14-11-4-6-12(7-5-11)15-10(2)16/h4-7,14H,3,8-9H2,1-2H3,(H,15,16). The van der Waals surface area contributed by atoms with E-state index in [1.807, 2.05) is 12.1 Å². The van der Waals surface area contributed by atoms with Crippen molar-refractivity contribution in [2.75, 3.05) is 23.8 Å². The van der Waals surface area contributed by atoms with Crippen molar-refractivity contribution < 1.29 is 14.3 Å². The van der Waals surface area contributed by atoms with Crippen LogP contribution in [0.25, 0.3) is 0 Å². The lowest BCUT2D eigenvalue weighted by atomic mass is 10.2. The fraction of sp³-hybridized carbons (Fsp3) is 0.385. The molecule has 0 fully saturated rings. The number of carbonyl (C=O) groups excluding carboxylic acids is 2. The second kappa shape index (κ2) is 7.32. The van der Waals surface area contributed by atoms with Crippen molar-refractivity contribution in [3.63, 3.8) is 0 Å². The van der Waals surface area contributed by atoms with Crippen LogP contribution in [0.2, 0.25) is 0 Å². The molecular formula is C13H18N2O3. The highest BCUT2D eigenvalue weighted by Crippen LogP contribution is 2.13. The van der Waals surface area contributed by atoms with Crippen LogP contribution < -0.4 is 10.6 Å².